The topological polar surface area (TPSA) is 76.5 Å². The predicted molar refractivity (Wildman–Crippen MR) is 150 cm³/mol. The predicted octanol–water partition coefficient (Wildman–Crippen LogP) is 5.54. The van der Waals surface area contributed by atoms with Gasteiger partial charge in [-0.15, -0.1) is 0 Å². The summed E-state index contributed by atoms with van der Waals surface area (Å²) in [6, 6.07) is 21.8. The lowest BCUT2D eigenvalue weighted by atomic mass is 9.96. The lowest BCUT2D eigenvalue weighted by molar-refractivity contribution is -0.119. The monoisotopic (exact) mass is 506 g/mol. The number of anilines is 1. The first-order valence-electron chi connectivity index (χ1n) is 13.2. The Morgan fingerprint density at radius 1 is 0.921 bits per heavy atom. The smallest absolute Gasteiger partial charge is 0.339 e. The van der Waals surface area contributed by atoms with E-state index in [1.54, 1.807) is 0 Å². The van der Waals surface area contributed by atoms with Gasteiger partial charge in [-0.2, -0.15) is 0 Å². The maximum atomic E-state index is 13.4. The second kappa shape index (κ2) is 9.91. The molecule has 0 aliphatic carbocycles. The number of pyridine rings is 1. The molecule has 6 rings (SSSR count). The number of hydrogen-bond donors (Lipinski definition) is 1. The average Bonchev–Trinajstić information content (AvgIpc) is 3.27. The molecule has 192 valence electrons. The fourth-order valence-corrected chi connectivity index (χ4v) is 5.62. The van der Waals surface area contributed by atoms with Crippen molar-refractivity contribution < 1.29 is 14.3 Å². The van der Waals surface area contributed by atoms with E-state index >= 15 is 0 Å². The number of ether oxygens (including phenoxy) is 1. The summed E-state index contributed by atoms with van der Waals surface area (Å²) < 4.78 is 7.84. The third kappa shape index (κ3) is 4.19. The molecule has 0 saturated carbocycles. The van der Waals surface area contributed by atoms with E-state index in [1.807, 2.05) is 54.6 Å². The van der Waals surface area contributed by atoms with Gasteiger partial charge in [0.2, 0.25) is 0 Å². The highest BCUT2D eigenvalue weighted by molar-refractivity contribution is 6.10. The van der Waals surface area contributed by atoms with Crippen LogP contribution in [0.1, 0.15) is 35.5 Å². The second-order valence-corrected chi connectivity index (χ2v) is 9.67. The summed E-state index contributed by atoms with van der Waals surface area (Å²) in [6.07, 6.45) is 0.783. The number of esters is 1. The van der Waals surface area contributed by atoms with Crippen molar-refractivity contribution in [2.75, 3.05) is 25.0 Å². The molecular weight excluding hydrogens is 476 g/mol. The fourth-order valence-electron chi connectivity index (χ4n) is 5.62. The van der Waals surface area contributed by atoms with E-state index in [0.717, 1.165) is 70.0 Å². The van der Waals surface area contributed by atoms with E-state index in [9.17, 15) is 9.59 Å². The van der Waals surface area contributed by atoms with Crippen LogP contribution in [-0.4, -0.2) is 46.0 Å². The molecule has 3 heterocycles. The average molecular weight is 507 g/mol. The Morgan fingerprint density at radius 3 is 2.50 bits per heavy atom. The molecule has 0 spiro atoms. The molecule has 0 radical (unpaired) electrons. The molecule has 0 unspecified atom stereocenters. The molecule has 3 aromatic carbocycles. The molecule has 1 aliphatic heterocycles. The lowest BCUT2D eigenvalue weighted by Crippen LogP contribution is -2.32. The molecule has 7 heteroatoms. The van der Waals surface area contributed by atoms with Gasteiger partial charge in [-0.1, -0.05) is 43.3 Å². The molecule has 5 aromatic rings. The Balaban J connectivity index is 1.23. The standard InChI is InChI=1S/C31H30N4O3/c1-3-34-16-15-26-24(18-34)30(22-10-5-7-11-25(22)33-26)31(37)38-19-29(36)32-20-13-14-28-23(17-20)21-9-6-8-12-27(21)35(28)4-2/h5-14,17H,3-4,15-16,18-19H2,1-2H3,(H,32,36). The zero-order valence-corrected chi connectivity index (χ0v) is 21.7. The maximum Gasteiger partial charge on any atom is 0.339 e. The summed E-state index contributed by atoms with van der Waals surface area (Å²) in [5.74, 6) is -0.867. The Labute approximate surface area is 221 Å². The number of hydrogen-bond acceptors (Lipinski definition) is 5. The number of aryl methyl sites for hydroxylation is 1. The minimum atomic E-state index is -0.491. The van der Waals surface area contributed by atoms with Crippen LogP contribution in [0.25, 0.3) is 32.7 Å². The number of likely N-dealkylation sites (N-methyl/N-ethyl adjacent to an activating group) is 1. The van der Waals surface area contributed by atoms with Gasteiger partial charge in [0.15, 0.2) is 6.61 Å². The summed E-state index contributed by atoms with van der Waals surface area (Å²) >= 11 is 0. The van der Waals surface area contributed by atoms with Crippen molar-refractivity contribution in [2.24, 2.45) is 0 Å². The van der Waals surface area contributed by atoms with E-state index in [0.29, 0.717) is 17.8 Å². The van der Waals surface area contributed by atoms with Crippen molar-refractivity contribution in [1.82, 2.24) is 14.5 Å². The maximum absolute atomic E-state index is 13.4. The number of nitrogens with zero attached hydrogens (tertiary/aromatic N) is 3. The van der Waals surface area contributed by atoms with Crippen LogP contribution in [0.3, 0.4) is 0 Å². The molecule has 1 N–H and O–H groups in total. The van der Waals surface area contributed by atoms with Crippen molar-refractivity contribution in [3.63, 3.8) is 0 Å². The van der Waals surface area contributed by atoms with Crippen molar-refractivity contribution in [2.45, 2.75) is 33.4 Å². The Hall–Kier alpha value is -4.23. The van der Waals surface area contributed by atoms with E-state index < -0.39 is 5.97 Å². The minimum absolute atomic E-state index is 0.365. The van der Waals surface area contributed by atoms with E-state index in [2.05, 4.69) is 40.8 Å². The van der Waals surface area contributed by atoms with Crippen LogP contribution in [-0.2, 0) is 29.0 Å². The zero-order valence-electron chi connectivity index (χ0n) is 21.7. The third-order valence-corrected chi connectivity index (χ3v) is 7.48. The molecule has 0 saturated heterocycles. The van der Waals surface area contributed by atoms with Crippen LogP contribution in [0.15, 0.2) is 66.7 Å². The van der Waals surface area contributed by atoms with Crippen molar-refractivity contribution >= 4 is 50.3 Å². The Bertz CT molecular complexity index is 1700. The van der Waals surface area contributed by atoms with Crippen LogP contribution >= 0.6 is 0 Å². The van der Waals surface area contributed by atoms with Crippen molar-refractivity contribution in [3.8, 4) is 0 Å². The number of benzene rings is 3. The molecule has 1 amide bonds. The highest BCUT2D eigenvalue weighted by atomic mass is 16.5. The van der Waals surface area contributed by atoms with E-state index in [-0.39, 0.29) is 12.5 Å². The quantitative estimate of drug-likeness (QED) is 0.306. The Morgan fingerprint density at radius 2 is 1.68 bits per heavy atom. The largest absolute Gasteiger partial charge is 0.452 e. The first kappa shape index (κ1) is 24.1. The summed E-state index contributed by atoms with van der Waals surface area (Å²) in [6.45, 7) is 7.17. The van der Waals surface area contributed by atoms with Gasteiger partial charge in [-0.3, -0.25) is 14.7 Å². The number of fused-ring (bicyclic) bond motifs is 5. The molecule has 2 aromatic heterocycles. The van der Waals surface area contributed by atoms with Gasteiger partial charge in [0.05, 0.1) is 11.1 Å². The van der Waals surface area contributed by atoms with Gasteiger partial charge in [-0.25, -0.2) is 4.79 Å². The van der Waals surface area contributed by atoms with Crippen LogP contribution in [0.2, 0.25) is 0 Å². The van der Waals surface area contributed by atoms with Crippen LogP contribution in [0.5, 0.6) is 0 Å². The zero-order chi connectivity index (χ0) is 26.2. The minimum Gasteiger partial charge on any atom is -0.452 e. The number of aromatic nitrogens is 2. The molecule has 0 fully saturated rings. The summed E-state index contributed by atoms with van der Waals surface area (Å²) in [5.41, 5.74) is 6.08. The molecule has 7 nitrogen and oxygen atoms in total. The summed E-state index contributed by atoms with van der Waals surface area (Å²) in [5, 5.41) is 5.88. The van der Waals surface area contributed by atoms with Gasteiger partial charge in [0.25, 0.3) is 5.91 Å². The number of para-hydroxylation sites is 2. The second-order valence-electron chi connectivity index (χ2n) is 9.67. The molecule has 0 atom stereocenters. The number of rotatable bonds is 6. The molecule has 38 heavy (non-hydrogen) atoms. The summed E-state index contributed by atoms with van der Waals surface area (Å²) in [7, 11) is 0. The van der Waals surface area contributed by atoms with Crippen LogP contribution in [0.4, 0.5) is 5.69 Å². The first-order chi connectivity index (χ1) is 18.6. The highest BCUT2D eigenvalue weighted by Gasteiger charge is 2.26. The van der Waals surface area contributed by atoms with Crippen LogP contribution in [0, 0.1) is 0 Å². The number of nitrogens with one attached hydrogen (secondary N) is 1. The normalized spacial score (nSPS) is 13.6. The molecule has 0 bridgehead atoms. The van der Waals surface area contributed by atoms with Gasteiger partial charge in [0.1, 0.15) is 0 Å². The first-order valence-corrected chi connectivity index (χ1v) is 13.2. The lowest BCUT2D eigenvalue weighted by Gasteiger charge is -2.28. The third-order valence-electron chi connectivity index (χ3n) is 7.48. The van der Waals surface area contributed by atoms with Gasteiger partial charge >= 0.3 is 5.97 Å². The van der Waals surface area contributed by atoms with Crippen molar-refractivity contribution in [3.05, 3.63) is 83.6 Å². The number of amides is 1. The van der Waals surface area contributed by atoms with Crippen molar-refractivity contribution in [1.29, 1.82) is 0 Å². The van der Waals surface area contributed by atoms with E-state index in [1.165, 1.54) is 0 Å². The molecular formula is C31H30N4O3. The van der Waals surface area contributed by atoms with Gasteiger partial charge in [-0.05, 0) is 43.8 Å². The van der Waals surface area contributed by atoms with Gasteiger partial charge in [0, 0.05) is 70.2 Å². The van der Waals surface area contributed by atoms with Crippen LogP contribution < -0.4 is 5.32 Å². The number of carbonyl (C=O) groups is 2. The fraction of sp³-hybridized carbons (Fsp3) is 0.258. The van der Waals surface area contributed by atoms with Gasteiger partial charge < -0.3 is 14.6 Å². The van der Waals surface area contributed by atoms with E-state index in [4.69, 9.17) is 9.72 Å². The summed E-state index contributed by atoms with van der Waals surface area (Å²) in [4.78, 5) is 33.3. The SMILES string of the molecule is CCN1CCc2nc3ccccc3c(C(=O)OCC(=O)Nc3ccc4c(c3)c3ccccc3n4CC)c2C1. The molecule has 1 aliphatic rings. The number of carbonyl (C=O) groups excluding carboxylic acids is 2. The highest BCUT2D eigenvalue weighted by Crippen LogP contribution is 2.31. The Kier molecular flexibility index (Phi) is 6.29.